The maximum Gasteiger partial charge on any atom is 0.235 e. The second kappa shape index (κ2) is 6.13. The number of para-hydroxylation sites is 1. The van der Waals surface area contributed by atoms with Crippen molar-refractivity contribution < 1.29 is 14.3 Å². The third-order valence-corrected chi connectivity index (χ3v) is 4.51. The minimum Gasteiger partial charge on any atom is -0.496 e. The summed E-state index contributed by atoms with van der Waals surface area (Å²) in [6.45, 7) is 0. The molecule has 1 saturated carbocycles. The number of halogens is 1. The molecule has 0 unspecified atom stereocenters. The molecule has 0 aliphatic heterocycles. The molecule has 3 rings (SSSR count). The van der Waals surface area contributed by atoms with Crippen molar-refractivity contribution in [3.8, 4) is 11.5 Å². The van der Waals surface area contributed by atoms with Gasteiger partial charge in [-0.25, -0.2) is 0 Å². The lowest BCUT2D eigenvalue weighted by Gasteiger charge is -2.18. The van der Waals surface area contributed by atoms with Gasteiger partial charge in [0.15, 0.2) is 0 Å². The van der Waals surface area contributed by atoms with E-state index in [1.807, 2.05) is 24.3 Å². The third kappa shape index (κ3) is 2.86. The lowest BCUT2D eigenvalue weighted by molar-refractivity contribution is -0.118. The molecule has 1 N–H and O–H groups in total. The van der Waals surface area contributed by atoms with E-state index in [9.17, 15) is 4.79 Å². The van der Waals surface area contributed by atoms with Crippen molar-refractivity contribution in [1.29, 1.82) is 0 Å². The van der Waals surface area contributed by atoms with Gasteiger partial charge in [0.05, 0.1) is 24.7 Å². The van der Waals surface area contributed by atoms with Crippen molar-refractivity contribution in [2.24, 2.45) is 0 Å². The standard InChI is InChI=1S/C18H18ClNO3/c1-22-15-6-4-3-5-13(15)18(9-10-18)17(21)20-12-7-8-16(23-2)14(19)11-12/h3-8,11H,9-10H2,1-2H3,(H,20,21). The molecule has 5 heteroatoms. The van der Waals surface area contributed by atoms with Crippen molar-refractivity contribution in [1.82, 2.24) is 0 Å². The van der Waals surface area contributed by atoms with Gasteiger partial charge >= 0.3 is 0 Å². The minimum absolute atomic E-state index is 0.0387. The fraction of sp³-hybridized carbons (Fsp3) is 0.278. The van der Waals surface area contributed by atoms with Gasteiger partial charge < -0.3 is 14.8 Å². The van der Waals surface area contributed by atoms with E-state index in [0.717, 1.165) is 24.2 Å². The van der Waals surface area contributed by atoms with E-state index in [-0.39, 0.29) is 5.91 Å². The fourth-order valence-corrected chi connectivity index (χ4v) is 3.04. The number of anilines is 1. The van der Waals surface area contributed by atoms with E-state index >= 15 is 0 Å². The maximum atomic E-state index is 12.8. The van der Waals surface area contributed by atoms with Gasteiger partial charge in [-0.3, -0.25) is 4.79 Å². The Morgan fingerprint density at radius 1 is 1.09 bits per heavy atom. The molecule has 0 radical (unpaired) electrons. The van der Waals surface area contributed by atoms with Crippen LogP contribution in [-0.2, 0) is 10.2 Å². The quantitative estimate of drug-likeness (QED) is 0.900. The number of benzene rings is 2. The summed E-state index contributed by atoms with van der Waals surface area (Å²) in [7, 11) is 3.18. The number of hydrogen-bond acceptors (Lipinski definition) is 3. The van der Waals surface area contributed by atoms with Crippen molar-refractivity contribution in [2.75, 3.05) is 19.5 Å². The zero-order valence-electron chi connectivity index (χ0n) is 13.1. The van der Waals surface area contributed by atoms with E-state index < -0.39 is 5.41 Å². The van der Waals surface area contributed by atoms with E-state index in [4.69, 9.17) is 21.1 Å². The summed E-state index contributed by atoms with van der Waals surface area (Å²) >= 11 is 6.11. The summed E-state index contributed by atoms with van der Waals surface area (Å²) < 4.78 is 10.5. The summed E-state index contributed by atoms with van der Waals surface area (Å²) in [5.41, 5.74) is 1.07. The molecule has 0 heterocycles. The van der Waals surface area contributed by atoms with Crippen molar-refractivity contribution in [3.05, 3.63) is 53.1 Å². The Morgan fingerprint density at radius 2 is 1.78 bits per heavy atom. The Morgan fingerprint density at radius 3 is 2.39 bits per heavy atom. The lowest BCUT2D eigenvalue weighted by atomic mass is 9.94. The Balaban J connectivity index is 1.84. The molecule has 0 bridgehead atoms. The van der Waals surface area contributed by atoms with Crippen molar-refractivity contribution >= 4 is 23.2 Å². The van der Waals surface area contributed by atoms with Crippen LogP contribution in [0.15, 0.2) is 42.5 Å². The molecule has 1 amide bonds. The molecule has 0 saturated heterocycles. The van der Waals surface area contributed by atoms with Crippen LogP contribution >= 0.6 is 11.6 Å². The zero-order chi connectivity index (χ0) is 16.4. The zero-order valence-corrected chi connectivity index (χ0v) is 13.8. The highest BCUT2D eigenvalue weighted by molar-refractivity contribution is 6.32. The van der Waals surface area contributed by atoms with Gasteiger partial charge in [-0.15, -0.1) is 0 Å². The Kier molecular flexibility index (Phi) is 4.18. The summed E-state index contributed by atoms with van der Waals surface area (Å²) in [5.74, 6) is 1.28. The summed E-state index contributed by atoms with van der Waals surface area (Å²) in [4.78, 5) is 12.8. The van der Waals surface area contributed by atoms with Crippen molar-refractivity contribution in [2.45, 2.75) is 18.3 Å². The van der Waals surface area contributed by atoms with Crippen LogP contribution in [0.25, 0.3) is 0 Å². The molecule has 2 aromatic rings. The first-order valence-corrected chi connectivity index (χ1v) is 7.77. The van der Waals surface area contributed by atoms with Gasteiger partial charge in [0.1, 0.15) is 11.5 Å². The first-order chi connectivity index (χ1) is 11.1. The lowest BCUT2D eigenvalue weighted by Crippen LogP contribution is -2.28. The largest absolute Gasteiger partial charge is 0.496 e. The van der Waals surface area contributed by atoms with E-state index in [0.29, 0.717) is 16.5 Å². The topological polar surface area (TPSA) is 47.6 Å². The van der Waals surface area contributed by atoms with E-state index in [1.54, 1.807) is 32.4 Å². The van der Waals surface area contributed by atoms with Crippen LogP contribution in [0.2, 0.25) is 5.02 Å². The van der Waals surface area contributed by atoms with Gasteiger partial charge in [-0.05, 0) is 37.1 Å². The molecule has 1 fully saturated rings. The first-order valence-electron chi connectivity index (χ1n) is 7.39. The van der Waals surface area contributed by atoms with Gasteiger partial charge in [0.25, 0.3) is 0 Å². The second-order valence-electron chi connectivity index (χ2n) is 5.59. The van der Waals surface area contributed by atoms with Gasteiger partial charge in [-0.1, -0.05) is 29.8 Å². The van der Waals surface area contributed by atoms with Gasteiger partial charge in [0, 0.05) is 11.3 Å². The molecular weight excluding hydrogens is 314 g/mol. The normalized spacial score (nSPS) is 14.9. The number of carbonyl (C=O) groups excluding carboxylic acids is 1. The van der Waals surface area contributed by atoms with Crippen molar-refractivity contribution in [3.63, 3.8) is 0 Å². The molecule has 23 heavy (non-hydrogen) atoms. The van der Waals surface area contributed by atoms with Crippen LogP contribution in [0.5, 0.6) is 11.5 Å². The third-order valence-electron chi connectivity index (χ3n) is 4.22. The first kappa shape index (κ1) is 15.7. The number of hydrogen-bond donors (Lipinski definition) is 1. The highest BCUT2D eigenvalue weighted by Gasteiger charge is 2.52. The number of carbonyl (C=O) groups is 1. The van der Waals surface area contributed by atoms with E-state index in [2.05, 4.69) is 5.32 Å². The molecule has 120 valence electrons. The molecular formula is C18H18ClNO3. The average Bonchev–Trinajstić information content (AvgIpc) is 3.37. The van der Waals surface area contributed by atoms with Crippen LogP contribution in [0, 0.1) is 0 Å². The molecule has 1 aliphatic rings. The highest BCUT2D eigenvalue weighted by atomic mass is 35.5. The maximum absolute atomic E-state index is 12.8. The van der Waals surface area contributed by atoms with Crippen LogP contribution in [0.3, 0.4) is 0 Å². The van der Waals surface area contributed by atoms with Crippen LogP contribution < -0.4 is 14.8 Å². The number of methoxy groups -OCH3 is 2. The number of amides is 1. The molecule has 0 spiro atoms. The highest BCUT2D eigenvalue weighted by Crippen LogP contribution is 2.52. The second-order valence-corrected chi connectivity index (χ2v) is 5.99. The summed E-state index contributed by atoms with van der Waals surface area (Å²) in [5, 5.41) is 3.42. The summed E-state index contributed by atoms with van der Waals surface area (Å²) in [6, 6.07) is 12.9. The molecule has 4 nitrogen and oxygen atoms in total. The predicted molar refractivity (Wildman–Crippen MR) is 90.5 cm³/mol. The minimum atomic E-state index is -0.515. The van der Waals surface area contributed by atoms with Gasteiger partial charge in [-0.2, -0.15) is 0 Å². The summed E-state index contributed by atoms with van der Waals surface area (Å²) in [6.07, 6.45) is 1.62. The Bertz CT molecular complexity index is 741. The monoisotopic (exact) mass is 331 g/mol. The predicted octanol–water partition coefficient (Wildman–Crippen LogP) is 4.03. The Hall–Kier alpha value is -2.20. The molecule has 1 aliphatic carbocycles. The van der Waals surface area contributed by atoms with Crippen LogP contribution in [0.1, 0.15) is 18.4 Å². The number of rotatable bonds is 5. The average molecular weight is 332 g/mol. The molecule has 2 aromatic carbocycles. The van der Waals surface area contributed by atoms with E-state index in [1.165, 1.54) is 0 Å². The SMILES string of the molecule is COc1ccc(NC(=O)C2(c3ccccc3OC)CC2)cc1Cl. The smallest absolute Gasteiger partial charge is 0.235 e. The fourth-order valence-electron chi connectivity index (χ4n) is 2.78. The van der Waals surface area contributed by atoms with Crippen LogP contribution in [-0.4, -0.2) is 20.1 Å². The van der Waals surface area contributed by atoms with Gasteiger partial charge in [0.2, 0.25) is 5.91 Å². The van der Waals surface area contributed by atoms with Crippen LogP contribution in [0.4, 0.5) is 5.69 Å². The molecule has 0 aromatic heterocycles. The number of nitrogens with one attached hydrogen (secondary N) is 1. The molecule has 0 atom stereocenters. The Labute approximate surface area is 140 Å². The number of ether oxygens (including phenoxy) is 2.